The van der Waals surface area contributed by atoms with Crippen molar-refractivity contribution in [1.82, 2.24) is 0 Å². The molecule has 114 valence electrons. The van der Waals surface area contributed by atoms with Gasteiger partial charge in [0.25, 0.3) is 0 Å². The van der Waals surface area contributed by atoms with Crippen LogP contribution in [-0.2, 0) is 8.85 Å². The Hall–Kier alpha value is -0.193. The zero-order valence-electron chi connectivity index (χ0n) is 13.8. The molecule has 0 saturated carbocycles. The molecule has 0 amide bonds. The minimum Gasteiger partial charge on any atom is -0.394 e. The summed E-state index contributed by atoms with van der Waals surface area (Å²) < 4.78 is 11.9. The van der Waals surface area contributed by atoms with E-state index in [1.54, 1.807) is 0 Å². The van der Waals surface area contributed by atoms with E-state index in [0.29, 0.717) is 5.92 Å². The fourth-order valence-corrected chi connectivity index (χ4v) is 5.25. The molecule has 0 aliphatic rings. The molecule has 0 aromatic carbocycles. The first kappa shape index (κ1) is 18.8. The van der Waals surface area contributed by atoms with Crippen LogP contribution in [0.3, 0.4) is 0 Å². The lowest BCUT2D eigenvalue weighted by Gasteiger charge is -2.28. The van der Waals surface area contributed by atoms with E-state index in [9.17, 15) is 0 Å². The van der Waals surface area contributed by atoms with E-state index in [1.165, 1.54) is 5.71 Å². The van der Waals surface area contributed by atoms with Crippen LogP contribution < -0.4 is 0 Å². The summed E-state index contributed by atoms with van der Waals surface area (Å²) in [6, 6.07) is 2.09. The van der Waals surface area contributed by atoms with Crippen molar-refractivity contribution in [3.63, 3.8) is 0 Å². The van der Waals surface area contributed by atoms with E-state index in [1.807, 2.05) is 0 Å². The molecule has 0 bridgehead atoms. The van der Waals surface area contributed by atoms with E-state index in [4.69, 9.17) is 8.85 Å². The topological polar surface area (TPSA) is 30.8 Å². The number of hydrogen-bond donors (Lipinski definition) is 0. The smallest absolute Gasteiger partial charge is 0.337 e. The summed E-state index contributed by atoms with van der Waals surface area (Å²) in [6.07, 6.45) is 2.18. The highest BCUT2D eigenvalue weighted by Crippen LogP contribution is 2.21. The van der Waals surface area contributed by atoms with Crippen LogP contribution in [0.1, 0.15) is 54.4 Å². The maximum atomic E-state index is 5.96. The third kappa shape index (κ3) is 8.55. The van der Waals surface area contributed by atoms with Crippen LogP contribution in [0.25, 0.3) is 0 Å². The van der Waals surface area contributed by atoms with Crippen LogP contribution in [-0.4, -0.2) is 34.0 Å². The van der Waals surface area contributed by atoms with Gasteiger partial charge in [0.15, 0.2) is 0 Å². The Balaban J connectivity index is 4.18. The van der Waals surface area contributed by atoms with Crippen LogP contribution in [0.4, 0.5) is 0 Å². The van der Waals surface area contributed by atoms with Gasteiger partial charge in [0.1, 0.15) is 0 Å². The summed E-state index contributed by atoms with van der Waals surface area (Å²) in [4.78, 5) is 4.65. The summed E-state index contributed by atoms with van der Waals surface area (Å²) in [6.45, 7) is 15.3. The van der Waals surface area contributed by atoms with Crippen LogP contribution in [0.2, 0.25) is 12.1 Å². The highest BCUT2D eigenvalue weighted by Gasteiger charge is 2.34. The van der Waals surface area contributed by atoms with Gasteiger partial charge in [0, 0.05) is 25.5 Å². The van der Waals surface area contributed by atoms with Crippen molar-refractivity contribution < 1.29 is 8.85 Å². The lowest BCUT2D eigenvalue weighted by molar-refractivity contribution is 0.183. The second-order valence-electron chi connectivity index (χ2n) is 5.45. The fraction of sp³-hybridized carbons (Fsp3) is 0.933. The predicted octanol–water partition coefficient (Wildman–Crippen LogP) is 4.42. The molecule has 0 atom stereocenters. The monoisotopic (exact) mass is 287 g/mol. The number of hydrogen-bond acceptors (Lipinski definition) is 3. The maximum absolute atomic E-state index is 5.96. The molecule has 0 aliphatic carbocycles. The first-order valence-corrected chi connectivity index (χ1v) is 10.0. The van der Waals surface area contributed by atoms with Gasteiger partial charge in [0.2, 0.25) is 0 Å². The molecular weight excluding hydrogens is 254 g/mol. The van der Waals surface area contributed by atoms with Gasteiger partial charge in [-0.2, -0.15) is 0 Å². The summed E-state index contributed by atoms with van der Waals surface area (Å²) in [5.41, 5.74) is 1.27. The molecule has 0 heterocycles. The van der Waals surface area contributed by atoms with Crippen LogP contribution in [0.5, 0.6) is 0 Å². The molecule has 0 N–H and O–H groups in total. The molecule has 3 nitrogen and oxygen atoms in total. The van der Waals surface area contributed by atoms with Crippen molar-refractivity contribution in [2.45, 2.75) is 66.5 Å². The predicted molar refractivity (Wildman–Crippen MR) is 86.3 cm³/mol. The van der Waals surface area contributed by atoms with Gasteiger partial charge >= 0.3 is 8.56 Å². The average Bonchev–Trinajstić information content (AvgIpc) is 2.34. The van der Waals surface area contributed by atoms with E-state index in [-0.39, 0.29) is 0 Å². The lowest BCUT2D eigenvalue weighted by Crippen LogP contribution is -2.41. The molecule has 0 aromatic rings. The highest BCUT2D eigenvalue weighted by molar-refractivity contribution is 6.67. The SMILES string of the molecule is CCO[Si](CC)(CCC/N=C(\C)CC(C)C)OCC. The van der Waals surface area contributed by atoms with Crippen molar-refractivity contribution in [3.05, 3.63) is 0 Å². The van der Waals surface area contributed by atoms with Gasteiger partial charge in [-0.15, -0.1) is 0 Å². The van der Waals surface area contributed by atoms with Gasteiger partial charge in [-0.25, -0.2) is 0 Å². The Bertz CT molecular complexity index is 249. The van der Waals surface area contributed by atoms with Gasteiger partial charge in [-0.3, -0.25) is 4.99 Å². The molecule has 0 rings (SSSR count). The van der Waals surface area contributed by atoms with Crippen molar-refractivity contribution in [2.75, 3.05) is 19.8 Å². The Kier molecular flexibility index (Phi) is 10.5. The first-order valence-electron chi connectivity index (χ1n) is 7.77. The third-order valence-electron chi connectivity index (χ3n) is 3.15. The maximum Gasteiger partial charge on any atom is 0.337 e. The zero-order valence-corrected chi connectivity index (χ0v) is 14.8. The van der Waals surface area contributed by atoms with Crippen LogP contribution >= 0.6 is 0 Å². The fourth-order valence-electron chi connectivity index (χ4n) is 2.37. The highest BCUT2D eigenvalue weighted by atomic mass is 28.4. The number of nitrogens with zero attached hydrogens (tertiary/aromatic N) is 1. The van der Waals surface area contributed by atoms with Crippen molar-refractivity contribution in [2.24, 2.45) is 10.9 Å². The molecule has 4 heteroatoms. The summed E-state index contributed by atoms with van der Waals surface area (Å²) >= 11 is 0. The zero-order chi connectivity index (χ0) is 14.7. The molecule has 0 fully saturated rings. The molecule has 0 aliphatic heterocycles. The normalized spacial score (nSPS) is 13.3. The molecule has 0 saturated heterocycles. The molecule has 0 aromatic heterocycles. The summed E-state index contributed by atoms with van der Waals surface area (Å²) in [5, 5.41) is 0. The Morgan fingerprint density at radius 2 is 1.68 bits per heavy atom. The molecule has 0 radical (unpaired) electrons. The lowest BCUT2D eigenvalue weighted by atomic mass is 10.1. The molecule has 19 heavy (non-hydrogen) atoms. The minimum atomic E-state index is -1.94. The summed E-state index contributed by atoms with van der Waals surface area (Å²) in [7, 11) is -1.94. The number of aliphatic imine (C=N–C) groups is 1. The van der Waals surface area contributed by atoms with Gasteiger partial charge in [0.05, 0.1) is 0 Å². The van der Waals surface area contributed by atoms with Crippen molar-refractivity contribution in [3.8, 4) is 0 Å². The molecular formula is C15H33NO2Si. The number of rotatable bonds is 11. The van der Waals surface area contributed by atoms with Gasteiger partial charge in [-0.1, -0.05) is 20.8 Å². The Morgan fingerprint density at radius 3 is 2.11 bits per heavy atom. The standard InChI is InChI=1S/C15H33NO2Si/c1-7-17-19(9-3,18-8-2)12-10-11-16-15(6)13-14(4)5/h14H,7-13H2,1-6H3/b16-15+. The molecule has 0 unspecified atom stereocenters. The Labute approximate surface area is 121 Å². The largest absolute Gasteiger partial charge is 0.394 e. The van der Waals surface area contributed by atoms with Crippen LogP contribution in [0.15, 0.2) is 4.99 Å². The second-order valence-corrected chi connectivity index (χ2v) is 9.05. The second kappa shape index (κ2) is 10.6. The van der Waals surface area contributed by atoms with Crippen molar-refractivity contribution in [1.29, 1.82) is 0 Å². The first-order chi connectivity index (χ1) is 8.99. The minimum absolute atomic E-state index is 0.694. The van der Waals surface area contributed by atoms with Crippen molar-refractivity contribution >= 4 is 14.3 Å². The Morgan fingerprint density at radius 1 is 1.11 bits per heavy atom. The van der Waals surface area contributed by atoms with Gasteiger partial charge in [-0.05, 0) is 51.6 Å². The summed E-state index contributed by atoms with van der Waals surface area (Å²) in [5.74, 6) is 0.694. The third-order valence-corrected chi connectivity index (χ3v) is 6.98. The quantitative estimate of drug-likeness (QED) is 0.320. The van der Waals surface area contributed by atoms with E-state index in [2.05, 4.69) is 46.5 Å². The molecule has 0 spiro atoms. The van der Waals surface area contributed by atoms with E-state index >= 15 is 0 Å². The van der Waals surface area contributed by atoms with E-state index < -0.39 is 8.56 Å². The average molecular weight is 288 g/mol. The van der Waals surface area contributed by atoms with E-state index in [0.717, 1.165) is 44.7 Å². The van der Waals surface area contributed by atoms with Gasteiger partial charge < -0.3 is 8.85 Å². The van der Waals surface area contributed by atoms with Crippen LogP contribution in [0, 0.1) is 5.92 Å².